The molecule has 1 unspecified atom stereocenters. The average Bonchev–Trinajstić information content (AvgIpc) is 2.46. The largest absolute Gasteiger partial charge is 0.362 e. The summed E-state index contributed by atoms with van der Waals surface area (Å²) in [7, 11) is 0. The lowest BCUT2D eigenvalue weighted by Gasteiger charge is -2.21. The summed E-state index contributed by atoms with van der Waals surface area (Å²) in [4.78, 5) is 31.9. The number of aromatic nitrogens is 2. The molecule has 0 aliphatic rings. The second-order valence-electron chi connectivity index (χ2n) is 6.26. The van der Waals surface area contributed by atoms with Crippen LogP contribution in [0.3, 0.4) is 0 Å². The van der Waals surface area contributed by atoms with Crippen LogP contribution in [0.4, 0.5) is 0 Å². The van der Waals surface area contributed by atoms with Crippen LogP contribution in [0, 0.1) is 19.8 Å². The van der Waals surface area contributed by atoms with Gasteiger partial charge in [0.1, 0.15) is 5.56 Å². The molecule has 5 heteroatoms. The van der Waals surface area contributed by atoms with E-state index < -0.39 is 0 Å². The standard InChI is InChI=1S/C18H23N3O2/c1-11(2)8-15(14-6-5-7-19-10-14)21-18(23)17-13(4)20-12(3)9-16(17)22/h5-7,9-11,15H,8H2,1-4H3,(H,20,22)(H,21,23). The Bertz CT molecular complexity index is 736. The van der Waals surface area contributed by atoms with Gasteiger partial charge in [-0.05, 0) is 37.8 Å². The van der Waals surface area contributed by atoms with E-state index in [0.717, 1.165) is 17.7 Å². The van der Waals surface area contributed by atoms with E-state index in [4.69, 9.17) is 0 Å². The number of nitrogens with one attached hydrogen (secondary N) is 2. The van der Waals surface area contributed by atoms with Crippen LogP contribution in [0.1, 0.15) is 53.6 Å². The number of carbonyl (C=O) groups excluding carboxylic acids is 1. The van der Waals surface area contributed by atoms with Gasteiger partial charge in [0, 0.05) is 29.8 Å². The van der Waals surface area contributed by atoms with Gasteiger partial charge in [-0.1, -0.05) is 19.9 Å². The molecule has 0 aliphatic heterocycles. The van der Waals surface area contributed by atoms with Crippen molar-refractivity contribution in [3.05, 3.63) is 63.3 Å². The molecule has 0 saturated heterocycles. The molecule has 2 N–H and O–H groups in total. The monoisotopic (exact) mass is 313 g/mol. The maximum atomic E-state index is 12.6. The summed E-state index contributed by atoms with van der Waals surface area (Å²) in [6.07, 6.45) is 4.23. The highest BCUT2D eigenvalue weighted by atomic mass is 16.2. The molecule has 0 bridgehead atoms. The molecule has 2 rings (SSSR count). The Balaban J connectivity index is 2.30. The van der Waals surface area contributed by atoms with Crippen molar-refractivity contribution >= 4 is 5.91 Å². The summed E-state index contributed by atoms with van der Waals surface area (Å²) in [5.41, 5.74) is 2.19. The van der Waals surface area contributed by atoms with Crippen molar-refractivity contribution in [1.82, 2.24) is 15.3 Å². The van der Waals surface area contributed by atoms with Gasteiger partial charge in [0.2, 0.25) is 0 Å². The molecule has 1 atom stereocenters. The first-order chi connectivity index (χ1) is 10.9. The number of amides is 1. The van der Waals surface area contributed by atoms with Gasteiger partial charge in [0.15, 0.2) is 5.43 Å². The Morgan fingerprint density at radius 3 is 2.65 bits per heavy atom. The number of nitrogens with zero attached hydrogens (tertiary/aromatic N) is 1. The molecule has 2 aromatic heterocycles. The third kappa shape index (κ3) is 4.28. The zero-order valence-electron chi connectivity index (χ0n) is 14.0. The van der Waals surface area contributed by atoms with E-state index in [0.29, 0.717) is 11.6 Å². The highest BCUT2D eigenvalue weighted by Gasteiger charge is 2.20. The Morgan fingerprint density at radius 1 is 1.35 bits per heavy atom. The van der Waals surface area contributed by atoms with Crippen LogP contribution < -0.4 is 10.7 Å². The maximum Gasteiger partial charge on any atom is 0.257 e. The molecular weight excluding hydrogens is 290 g/mol. The van der Waals surface area contributed by atoms with E-state index in [-0.39, 0.29) is 22.9 Å². The molecule has 0 aromatic carbocycles. The van der Waals surface area contributed by atoms with Crippen molar-refractivity contribution in [2.45, 2.75) is 40.2 Å². The number of carbonyl (C=O) groups is 1. The van der Waals surface area contributed by atoms with Gasteiger partial charge in [0.25, 0.3) is 5.91 Å². The Labute approximate surface area is 136 Å². The summed E-state index contributed by atoms with van der Waals surface area (Å²) in [5.74, 6) is 0.0520. The molecule has 0 saturated carbocycles. The molecule has 2 aromatic rings. The summed E-state index contributed by atoms with van der Waals surface area (Å²) < 4.78 is 0. The van der Waals surface area contributed by atoms with Crippen molar-refractivity contribution in [2.24, 2.45) is 5.92 Å². The van der Waals surface area contributed by atoms with Crippen LogP contribution in [0.2, 0.25) is 0 Å². The topological polar surface area (TPSA) is 74.8 Å². The summed E-state index contributed by atoms with van der Waals surface area (Å²) >= 11 is 0. The zero-order chi connectivity index (χ0) is 17.0. The Hall–Kier alpha value is -2.43. The van der Waals surface area contributed by atoms with Gasteiger partial charge >= 0.3 is 0 Å². The number of H-pyrrole nitrogens is 1. The van der Waals surface area contributed by atoms with E-state index in [2.05, 4.69) is 29.1 Å². The smallest absolute Gasteiger partial charge is 0.257 e. The van der Waals surface area contributed by atoms with Crippen molar-refractivity contribution in [2.75, 3.05) is 0 Å². The van der Waals surface area contributed by atoms with Gasteiger partial charge in [-0.2, -0.15) is 0 Å². The summed E-state index contributed by atoms with van der Waals surface area (Å²) in [5, 5.41) is 2.98. The molecule has 1 amide bonds. The number of hydrogen-bond acceptors (Lipinski definition) is 3. The van der Waals surface area contributed by atoms with E-state index in [1.165, 1.54) is 6.07 Å². The number of pyridine rings is 2. The first kappa shape index (κ1) is 16.9. The molecule has 0 spiro atoms. The number of aromatic amines is 1. The number of rotatable bonds is 5. The van der Waals surface area contributed by atoms with Crippen LogP contribution in [-0.2, 0) is 0 Å². The van der Waals surface area contributed by atoms with Crippen LogP contribution in [0.5, 0.6) is 0 Å². The second kappa shape index (κ2) is 7.22. The van der Waals surface area contributed by atoms with Gasteiger partial charge in [-0.3, -0.25) is 14.6 Å². The molecule has 5 nitrogen and oxygen atoms in total. The lowest BCUT2D eigenvalue weighted by molar-refractivity contribution is 0.0929. The molecule has 2 heterocycles. The normalized spacial score (nSPS) is 12.2. The molecule has 0 fully saturated rings. The van der Waals surface area contributed by atoms with E-state index in [1.54, 1.807) is 26.2 Å². The Kier molecular flexibility index (Phi) is 5.32. The van der Waals surface area contributed by atoms with Crippen molar-refractivity contribution < 1.29 is 4.79 Å². The molecule has 122 valence electrons. The van der Waals surface area contributed by atoms with E-state index in [1.807, 2.05) is 12.1 Å². The predicted octanol–water partition coefficient (Wildman–Crippen LogP) is 2.90. The third-order valence-corrected chi connectivity index (χ3v) is 3.68. The minimum atomic E-state index is -0.349. The van der Waals surface area contributed by atoms with Gasteiger partial charge < -0.3 is 10.3 Å². The zero-order valence-corrected chi connectivity index (χ0v) is 14.0. The summed E-state index contributed by atoms with van der Waals surface area (Å²) in [6.45, 7) is 7.73. The van der Waals surface area contributed by atoms with Gasteiger partial charge in [0.05, 0.1) is 6.04 Å². The molecule has 23 heavy (non-hydrogen) atoms. The second-order valence-corrected chi connectivity index (χ2v) is 6.26. The van der Waals surface area contributed by atoms with Crippen LogP contribution >= 0.6 is 0 Å². The van der Waals surface area contributed by atoms with Crippen molar-refractivity contribution in [3.63, 3.8) is 0 Å². The fraction of sp³-hybridized carbons (Fsp3) is 0.389. The highest BCUT2D eigenvalue weighted by molar-refractivity contribution is 5.95. The highest BCUT2D eigenvalue weighted by Crippen LogP contribution is 2.21. The maximum absolute atomic E-state index is 12.6. The minimum absolute atomic E-state index is 0.170. The minimum Gasteiger partial charge on any atom is -0.362 e. The fourth-order valence-corrected chi connectivity index (χ4v) is 2.69. The first-order valence-corrected chi connectivity index (χ1v) is 7.79. The lowest BCUT2D eigenvalue weighted by Crippen LogP contribution is -2.34. The average molecular weight is 313 g/mol. The summed E-state index contributed by atoms with van der Waals surface area (Å²) in [6, 6.07) is 5.06. The molecule has 0 aliphatic carbocycles. The number of aryl methyl sites for hydroxylation is 2. The quantitative estimate of drug-likeness (QED) is 0.891. The van der Waals surface area contributed by atoms with Crippen LogP contribution in [0.25, 0.3) is 0 Å². The predicted molar refractivity (Wildman–Crippen MR) is 90.4 cm³/mol. The fourth-order valence-electron chi connectivity index (χ4n) is 2.69. The Morgan fingerprint density at radius 2 is 2.09 bits per heavy atom. The molecular formula is C18H23N3O2. The van der Waals surface area contributed by atoms with Crippen molar-refractivity contribution in [1.29, 1.82) is 0 Å². The van der Waals surface area contributed by atoms with Gasteiger partial charge in [-0.25, -0.2) is 0 Å². The van der Waals surface area contributed by atoms with E-state index in [9.17, 15) is 9.59 Å². The van der Waals surface area contributed by atoms with Crippen LogP contribution in [-0.4, -0.2) is 15.9 Å². The van der Waals surface area contributed by atoms with Gasteiger partial charge in [-0.15, -0.1) is 0 Å². The number of hydrogen-bond donors (Lipinski definition) is 2. The lowest BCUT2D eigenvalue weighted by atomic mass is 9.97. The van der Waals surface area contributed by atoms with Crippen molar-refractivity contribution in [3.8, 4) is 0 Å². The third-order valence-electron chi connectivity index (χ3n) is 3.68. The molecule has 0 radical (unpaired) electrons. The van der Waals surface area contributed by atoms with Crippen LogP contribution in [0.15, 0.2) is 35.4 Å². The first-order valence-electron chi connectivity index (χ1n) is 7.79. The SMILES string of the molecule is Cc1cc(=O)c(C(=O)NC(CC(C)C)c2cccnc2)c(C)[nH]1. The van der Waals surface area contributed by atoms with E-state index >= 15 is 0 Å².